The number of aliphatic carboxylic acids is 2. The number of carbonyl (C=O) groups is 2. The summed E-state index contributed by atoms with van der Waals surface area (Å²) < 4.78 is 23.3. The molecule has 19 atom stereocenters. The molecule has 4 saturated carbocycles. The van der Waals surface area contributed by atoms with Crippen LogP contribution in [0.5, 0.6) is 0 Å². The Kier molecular flexibility index (Phi) is 11.2. The minimum Gasteiger partial charge on any atom is -0.481 e. The Morgan fingerprint density at radius 1 is 0.754 bits per heavy atom. The van der Waals surface area contributed by atoms with Crippen LogP contribution in [-0.2, 0) is 28.5 Å². The second-order valence-corrected chi connectivity index (χ2v) is 20.5. The molecule has 9 N–H and O–H groups in total. The second kappa shape index (κ2) is 14.7. The van der Waals surface area contributed by atoms with Crippen LogP contribution in [0, 0.1) is 50.2 Å². The van der Waals surface area contributed by atoms with Crippen molar-refractivity contribution >= 4 is 11.9 Å². The predicted molar refractivity (Wildman–Crippen MR) is 200 cm³/mol. The van der Waals surface area contributed by atoms with Crippen LogP contribution < -0.4 is 0 Å². The molecule has 2 heterocycles. The molecule has 4 unspecified atom stereocenters. The average molecular weight is 811 g/mol. The van der Waals surface area contributed by atoms with Gasteiger partial charge in [0.15, 0.2) is 18.7 Å². The molecule has 324 valence electrons. The summed E-state index contributed by atoms with van der Waals surface area (Å²) in [7, 11) is 0. The first-order valence-corrected chi connectivity index (χ1v) is 21.0. The third kappa shape index (κ3) is 6.39. The molecule has 0 aromatic rings. The average Bonchev–Trinajstić information content (AvgIpc) is 3.15. The summed E-state index contributed by atoms with van der Waals surface area (Å²) in [4.78, 5) is 25.4. The Morgan fingerprint density at radius 3 is 2.05 bits per heavy atom. The van der Waals surface area contributed by atoms with Crippen molar-refractivity contribution in [3.05, 3.63) is 11.6 Å². The van der Waals surface area contributed by atoms with Crippen molar-refractivity contribution in [3.8, 4) is 0 Å². The number of hydrogen-bond donors (Lipinski definition) is 9. The van der Waals surface area contributed by atoms with Crippen molar-refractivity contribution in [2.45, 2.75) is 173 Å². The molecule has 7 rings (SSSR count). The van der Waals surface area contributed by atoms with E-state index in [1.54, 1.807) is 0 Å². The van der Waals surface area contributed by atoms with E-state index in [-0.39, 0.29) is 46.0 Å². The summed E-state index contributed by atoms with van der Waals surface area (Å²) in [5.74, 6) is -2.09. The third-order valence-corrected chi connectivity index (χ3v) is 17.4. The lowest BCUT2D eigenvalue weighted by Gasteiger charge is -2.71. The second-order valence-electron chi connectivity index (χ2n) is 20.5. The van der Waals surface area contributed by atoms with Gasteiger partial charge in [0.05, 0.1) is 24.7 Å². The summed E-state index contributed by atoms with van der Waals surface area (Å²) in [6, 6.07) is 0. The number of rotatable bonds is 8. The summed E-state index contributed by atoms with van der Waals surface area (Å²) >= 11 is 0. The van der Waals surface area contributed by atoms with E-state index in [1.807, 2.05) is 6.92 Å². The van der Waals surface area contributed by atoms with Crippen LogP contribution in [0.2, 0.25) is 0 Å². The number of fused-ring (bicyclic) bond motifs is 7. The highest BCUT2D eigenvalue weighted by atomic mass is 16.7. The van der Waals surface area contributed by atoms with Gasteiger partial charge in [-0.15, -0.1) is 0 Å². The lowest BCUT2D eigenvalue weighted by molar-refractivity contribution is -0.366. The molecule has 2 saturated heterocycles. The fraction of sp³-hybridized carbons (Fsp3) is 0.905. The first kappa shape index (κ1) is 43.3. The Balaban J connectivity index is 1.15. The van der Waals surface area contributed by atoms with Crippen molar-refractivity contribution in [2.24, 2.45) is 50.2 Å². The van der Waals surface area contributed by atoms with Crippen LogP contribution in [0.1, 0.15) is 106 Å². The minimum atomic E-state index is -1.98. The maximum Gasteiger partial charge on any atom is 0.335 e. The van der Waals surface area contributed by atoms with Gasteiger partial charge in [-0.3, -0.25) is 4.79 Å². The fourth-order valence-electron chi connectivity index (χ4n) is 13.7. The zero-order chi connectivity index (χ0) is 41.8. The van der Waals surface area contributed by atoms with Crippen LogP contribution >= 0.6 is 0 Å². The van der Waals surface area contributed by atoms with E-state index in [0.717, 1.165) is 38.5 Å². The summed E-state index contributed by atoms with van der Waals surface area (Å²) in [6.45, 7) is 12.6. The van der Waals surface area contributed by atoms with E-state index in [9.17, 15) is 55.5 Å². The lowest BCUT2D eigenvalue weighted by atomic mass is 9.33. The van der Waals surface area contributed by atoms with Gasteiger partial charge in [-0.05, 0) is 104 Å². The molecule has 0 radical (unpaired) electrons. The largest absolute Gasteiger partial charge is 0.481 e. The maximum absolute atomic E-state index is 13.1. The van der Waals surface area contributed by atoms with Crippen LogP contribution in [0.4, 0.5) is 0 Å². The molecule has 15 heteroatoms. The molecule has 0 spiro atoms. The van der Waals surface area contributed by atoms with Crippen LogP contribution in [0.25, 0.3) is 0 Å². The first-order valence-electron chi connectivity index (χ1n) is 21.0. The number of hydrogen-bond acceptors (Lipinski definition) is 13. The zero-order valence-electron chi connectivity index (χ0n) is 34.1. The molecule has 2 aliphatic heterocycles. The van der Waals surface area contributed by atoms with Gasteiger partial charge in [0.2, 0.25) is 0 Å². The number of aliphatic hydroxyl groups excluding tert-OH is 7. The van der Waals surface area contributed by atoms with E-state index in [1.165, 1.54) is 5.57 Å². The lowest BCUT2D eigenvalue weighted by Crippen LogP contribution is -2.68. The highest BCUT2D eigenvalue weighted by Gasteiger charge is 2.70. The smallest absolute Gasteiger partial charge is 0.335 e. The SMILES string of the molecule is CC1(C)CC[C@]2(C(=O)O)CCC3(C)C(=CCC4[C@@]5(C)CC[C@H](O[C@@H]6O[C@H](C(=O)O)[C@@H](O)[C@@H](O[C@@H]7O[C@H](CO)[C@@H](O)[C@@H](O)[C@H]7O)[C@H]6O)[C@@](C)(CO)C5CC[C@]43C)C2C1. The van der Waals surface area contributed by atoms with Gasteiger partial charge in [0.25, 0.3) is 0 Å². The molecule has 0 bridgehead atoms. The summed E-state index contributed by atoms with van der Waals surface area (Å²) in [6.07, 6.45) is -8.58. The number of carboxylic acids is 2. The van der Waals surface area contributed by atoms with E-state index in [4.69, 9.17) is 18.9 Å². The molecule has 5 aliphatic carbocycles. The van der Waals surface area contributed by atoms with Gasteiger partial charge in [-0.1, -0.05) is 53.2 Å². The Bertz CT molecular complexity index is 1590. The molecule has 15 nitrogen and oxygen atoms in total. The van der Waals surface area contributed by atoms with Crippen molar-refractivity contribution < 1.29 is 74.5 Å². The van der Waals surface area contributed by atoms with Gasteiger partial charge < -0.3 is 64.9 Å². The molecular weight excluding hydrogens is 744 g/mol. The Morgan fingerprint density at radius 2 is 1.42 bits per heavy atom. The van der Waals surface area contributed by atoms with Gasteiger partial charge in [-0.25, -0.2) is 4.79 Å². The Labute approximate surface area is 334 Å². The molecule has 57 heavy (non-hydrogen) atoms. The first-order chi connectivity index (χ1) is 26.5. The third-order valence-electron chi connectivity index (χ3n) is 17.4. The van der Waals surface area contributed by atoms with Crippen molar-refractivity contribution in [3.63, 3.8) is 0 Å². The van der Waals surface area contributed by atoms with Crippen molar-refractivity contribution in [2.75, 3.05) is 13.2 Å². The molecule has 0 aromatic heterocycles. The standard InChI is InChI=1S/C42H66O15/c1-37(2)13-15-42(36(52)53)16-14-40(5)20(21(42)17-37)7-8-24-38(3)11-10-25(39(4,19-44)23(38)9-12-41(24,40)6)55-35-30(49)31(29(48)32(57-35)33(50)51)56-34-28(47)27(46)26(45)22(18-43)54-34/h7,21-32,34-35,43-49H,8-19H2,1-6H3,(H,50,51)(H,52,53)/t21?,22-,23?,24?,25+,26-,27-,28-,29+,30-,31-,32+,34+,35-,38+,39+,40?,41-,42+/m1/s1. The highest BCUT2D eigenvalue weighted by Crippen LogP contribution is 2.76. The van der Waals surface area contributed by atoms with E-state index < -0.39 is 96.9 Å². The number of ether oxygens (including phenoxy) is 4. The van der Waals surface area contributed by atoms with Gasteiger partial charge in [0.1, 0.15) is 42.7 Å². The monoisotopic (exact) mass is 810 g/mol. The van der Waals surface area contributed by atoms with Gasteiger partial charge >= 0.3 is 11.9 Å². The molecule has 6 fully saturated rings. The molecule has 7 aliphatic rings. The Hall–Kier alpha value is -1.76. The fourth-order valence-corrected chi connectivity index (χ4v) is 13.7. The predicted octanol–water partition coefficient (Wildman–Crippen LogP) is 1.95. The minimum absolute atomic E-state index is 0.0174. The van der Waals surface area contributed by atoms with E-state index in [0.29, 0.717) is 25.7 Å². The summed E-state index contributed by atoms with van der Waals surface area (Å²) in [5.41, 5.74) is -0.836. The van der Waals surface area contributed by atoms with Crippen LogP contribution in [-0.4, -0.2) is 139 Å². The zero-order valence-corrected chi connectivity index (χ0v) is 34.1. The topological polar surface area (TPSA) is 253 Å². The van der Waals surface area contributed by atoms with E-state index >= 15 is 0 Å². The maximum atomic E-state index is 13.1. The van der Waals surface area contributed by atoms with Crippen LogP contribution in [0.15, 0.2) is 11.6 Å². The normalized spacial score (nSPS) is 53.3. The van der Waals surface area contributed by atoms with Gasteiger partial charge in [0, 0.05) is 5.41 Å². The highest BCUT2D eigenvalue weighted by molar-refractivity contribution is 5.76. The summed E-state index contributed by atoms with van der Waals surface area (Å²) in [5, 5.41) is 95.4. The van der Waals surface area contributed by atoms with Crippen LogP contribution in [0.3, 0.4) is 0 Å². The van der Waals surface area contributed by atoms with Gasteiger partial charge in [-0.2, -0.15) is 0 Å². The molecular formula is C42H66O15. The van der Waals surface area contributed by atoms with Crippen molar-refractivity contribution in [1.29, 1.82) is 0 Å². The molecule has 0 aromatic carbocycles. The number of allylic oxidation sites excluding steroid dienone is 2. The number of aliphatic hydroxyl groups is 7. The van der Waals surface area contributed by atoms with E-state index in [2.05, 4.69) is 40.7 Å². The molecule has 0 amide bonds. The number of carboxylic acid groups (broad SMARTS) is 2. The quantitative estimate of drug-likeness (QED) is 0.126. The van der Waals surface area contributed by atoms with Crippen molar-refractivity contribution in [1.82, 2.24) is 0 Å².